The first-order valence-corrected chi connectivity index (χ1v) is 10.3. The maximum atomic E-state index is 13.4. The van der Waals surface area contributed by atoms with Gasteiger partial charge in [0, 0.05) is 13.5 Å². The van der Waals surface area contributed by atoms with Gasteiger partial charge < -0.3 is 4.74 Å². The summed E-state index contributed by atoms with van der Waals surface area (Å²) >= 11 is 7.04. The fourth-order valence-corrected chi connectivity index (χ4v) is 4.09. The summed E-state index contributed by atoms with van der Waals surface area (Å²) in [5.74, 6) is -1.19. The average Bonchev–Trinajstić information content (AvgIpc) is 3.04. The Labute approximate surface area is 163 Å². The predicted octanol–water partition coefficient (Wildman–Crippen LogP) is 2.02. The number of rotatable bonds is 6. The molecule has 1 unspecified atom stereocenters. The van der Waals surface area contributed by atoms with Crippen molar-refractivity contribution in [1.29, 1.82) is 0 Å². The molecule has 0 radical (unpaired) electrons. The summed E-state index contributed by atoms with van der Waals surface area (Å²) in [6, 6.07) is 4.33. The van der Waals surface area contributed by atoms with Crippen LogP contribution in [0.4, 0.5) is 9.52 Å². The van der Waals surface area contributed by atoms with Crippen molar-refractivity contribution in [1.82, 2.24) is 9.71 Å². The molecule has 1 aromatic heterocycles. The third-order valence-electron chi connectivity index (χ3n) is 3.68. The van der Waals surface area contributed by atoms with Gasteiger partial charge in [0.2, 0.25) is 0 Å². The number of carbonyl (C=O) groups is 1. The molecule has 0 fully saturated rings. The summed E-state index contributed by atoms with van der Waals surface area (Å²) in [6.45, 7) is -0.270. The Morgan fingerprint density at radius 1 is 1.52 bits per heavy atom. The van der Waals surface area contributed by atoms with Crippen molar-refractivity contribution in [3.63, 3.8) is 0 Å². The van der Waals surface area contributed by atoms with E-state index in [1.807, 2.05) is 4.72 Å². The molecule has 146 valence electrons. The Balaban J connectivity index is 1.75. The number of nitrogens with zero attached hydrogens (tertiary/aromatic N) is 1. The van der Waals surface area contributed by atoms with Crippen molar-refractivity contribution < 1.29 is 26.5 Å². The number of benzene rings is 1. The van der Waals surface area contributed by atoms with Gasteiger partial charge in [-0.1, -0.05) is 29.0 Å². The van der Waals surface area contributed by atoms with Crippen LogP contribution in [0.2, 0.25) is 5.02 Å². The molecular weight excluding hydrogens is 421 g/mol. The fourth-order valence-electron chi connectivity index (χ4n) is 2.42. The monoisotopic (exact) mass is 435 g/mol. The number of nitrogens with one attached hydrogen (secondary N) is 2. The van der Waals surface area contributed by atoms with Crippen LogP contribution in [0.3, 0.4) is 0 Å². The number of amides is 1. The molecule has 3 rings (SSSR count). The Hall–Kier alpha value is -1.63. The average molecular weight is 436 g/mol. The Morgan fingerprint density at radius 3 is 3.00 bits per heavy atom. The van der Waals surface area contributed by atoms with Crippen LogP contribution in [-0.2, 0) is 30.4 Å². The summed E-state index contributed by atoms with van der Waals surface area (Å²) in [6.07, 6.45) is 0.0773. The second-order valence-electron chi connectivity index (χ2n) is 5.47. The smallest absolute Gasteiger partial charge is 0.336 e. The molecule has 0 aliphatic carbocycles. The Morgan fingerprint density at radius 2 is 2.30 bits per heavy atom. The van der Waals surface area contributed by atoms with Crippen molar-refractivity contribution in [2.24, 2.45) is 0 Å². The van der Waals surface area contributed by atoms with Crippen LogP contribution in [0.15, 0.2) is 18.2 Å². The minimum absolute atomic E-state index is 0.0100. The van der Waals surface area contributed by atoms with Crippen molar-refractivity contribution in [2.45, 2.75) is 12.5 Å². The number of fused-ring (bicyclic) bond motifs is 1. The van der Waals surface area contributed by atoms with Crippen molar-refractivity contribution in [2.75, 3.05) is 25.6 Å². The van der Waals surface area contributed by atoms with Gasteiger partial charge in [0.15, 0.2) is 5.13 Å². The van der Waals surface area contributed by atoms with E-state index in [-0.39, 0.29) is 5.02 Å². The van der Waals surface area contributed by atoms with E-state index in [9.17, 15) is 17.6 Å². The molecule has 2 aromatic rings. The zero-order chi connectivity index (χ0) is 19.6. The molecule has 1 aromatic carbocycles. The minimum Gasteiger partial charge on any atom is -0.367 e. The maximum absolute atomic E-state index is 13.4. The van der Waals surface area contributed by atoms with E-state index in [1.165, 1.54) is 30.5 Å². The number of halogens is 2. The van der Waals surface area contributed by atoms with Crippen molar-refractivity contribution in [3.05, 3.63) is 45.2 Å². The summed E-state index contributed by atoms with van der Waals surface area (Å²) in [5, 5.41) is 2.78. The van der Waals surface area contributed by atoms with Crippen LogP contribution in [0, 0.1) is 5.82 Å². The van der Waals surface area contributed by atoms with Crippen LogP contribution in [0.1, 0.15) is 22.2 Å². The van der Waals surface area contributed by atoms with Gasteiger partial charge in [-0.15, -0.1) is 0 Å². The number of thiazole rings is 1. The lowest BCUT2D eigenvalue weighted by Crippen LogP contribution is -2.27. The van der Waals surface area contributed by atoms with E-state index in [4.69, 9.17) is 16.3 Å². The zero-order valence-corrected chi connectivity index (χ0v) is 16.4. The molecule has 8 nitrogen and oxygen atoms in total. The van der Waals surface area contributed by atoms with Gasteiger partial charge in [-0.25, -0.2) is 13.6 Å². The lowest BCUT2D eigenvalue weighted by atomic mass is 10.0. The van der Waals surface area contributed by atoms with Crippen LogP contribution in [0.25, 0.3) is 0 Å². The van der Waals surface area contributed by atoms with Gasteiger partial charge in [0.1, 0.15) is 18.5 Å². The van der Waals surface area contributed by atoms with Gasteiger partial charge in [-0.05, 0) is 17.7 Å². The highest BCUT2D eigenvalue weighted by molar-refractivity contribution is 7.84. The highest BCUT2D eigenvalue weighted by atomic mass is 35.5. The molecule has 0 bridgehead atoms. The molecule has 2 heterocycles. The van der Waals surface area contributed by atoms with E-state index >= 15 is 0 Å². The lowest BCUT2D eigenvalue weighted by Gasteiger charge is -2.22. The molecule has 12 heteroatoms. The Bertz CT molecular complexity index is 966. The van der Waals surface area contributed by atoms with E-state index in [1.54, 1.807) is 6.07 Å². The summed E-state index contributed by atoms with van der Waals surface area (Å²) in [7, 11) is -2.78. The van der Waals surface area contributed by atoms with E-state index < -0.39 is 34.7 Å². The van der Waals surface area contributed by atoms with E-state index in [0.29, 0.717) is 23.7 Å². The molecule has 2 N–H and O–H groups in total. The summed E-state index contributed by atoms with van der Waals surface area (Å²) in [4.78, 5) is 17.0. The first-order chi connectivity index (χ1) is 12.8. The molecule has 27 heavy (non-hydrogen) atoms. The second kappa shape index (κ2) is 8.17. The molecule has 1 amide bonds. The molecule has 0 saturated heterocycles. The number of anilines is 1. The molecule has 0 spiro atoms. The van der Waals surface area contributed by atoms with Gasteiger partial charge in [0.05, 0.1) is 22.2 Å². The quantitative estimate of drug-likeness (QED) is 0.718. The van der Waals surface area contributed by atoms with Crippen molar-refractivity contribution in [3.8, 4) is 0 Å². The summed E-state index contributed by atoms with van der Waals surface area (Å²) in [5.41, 5.74) is 1.42. The Kier molecular flexibility index (Phi) is 6.08. The number of aromatic nitrogens is 1. The lowest BCUT2D eigenvalue weighted by molar-refractivity contribution is -0.118. The van der Waals surface area contributed by atoms with Crippen LogP contribution in [-0.4, -0.2) is 39.6 Å². The maximum Gasteiger partial charge on any atom is 0.336 e. The largest absolute Gasteiger partial charge is 0.367 e. The highest BCUT2D eigenvalue weighted by Gasteiger charge is 2.28. The third kappa shape index (κ3) is 4.81. The first kappa shape index (κ1) is 20.1. The van der Waals surface area contributed by atoms with Crippen molar-refractivity contribution >= 4 is 44.3 Å². The normalized spacial score (nSPS) is 16.8. The van der Waals surface area contributed by atoms with Crippen LogP contribution >= 0.6 is 22.9 Å². The molecule has 0 saturated carbocycles. The second-order valence-corrected chi connectivity index (χ2v) is 8.46. The van der Waals surface area contributed by atoms with E-state index in [2.05, 4.69) is 14.5 Å². The minimum atomic E-state index is -3.95. The molecule has 1 aliphatic rings. The van der Waals surface area contributed by atoms with E-state index in [0.717, 1.165) is 10.6 Å². The molecule has 1 atom stereocenters. The molecule has 1 aliphatic heterocycles. The van der Waals surface area contributed by atoms with Crippen LogP contribution in [0.5, 0.6) is 0 Å². The number of hydrogen-bond acceptors (Lipinski definition) is 7. The number of hydrogen-bond donors (Lipinski definition) is 2. The highest BCUT2D eigenvalue weighted by Crippen LogP contribution is 2.39. The topological polar surface area (TPSA) is 107 Å². The van der Waals surface area contributed by atoms with Gasteiger partial charge >= 0.3 is 10.3 Å². The predicted molar refractivity (Wildman–Crippen MR) is 97.6 cm³/mol. The summed E-state index contributed by atoms with van der Waals surface area (Å²) < 4.78 is 48.0. The van der Waals surface area contributed by atoms with Crippen LogP contribution < -0.4 is 10.0 Å². The van der Waals surface area contributed by atoms with Gasteiger partial charge in [0.25, 0.3) is 5.91 Å². The fraction of sp³-hybridized carbons (Fsp3) is 0.333. The number of ether oxygens (including phenoxy) is 1. The third-order valence-corrected chi connectivity index (χ3v) is 5.95. The van der Waals surface area contributed by atoms with Gasteiger partial charge in [-0.3, -0.25) is 10.1 Å². The number of carbonyl (C=O) groups excluding carboxylic acids is 1. The first-order valence-electron chi connectivity index (χ1n) is 7.73. The SMILES string of the molecule is CNS(=O)(=O)OCC(=O)Nc1nc2c(s1)C(c1ccc(F)c(Cl)c1)OCC2. The standard InChI is InChI=1S/C15H15ClFN3O5S2/c1-18-27(22,23)25-7-12(21)20-15-19-11-4-5-24-13(14(11)26-15)8-2-3-10(17)9(16)6-8/h2-3,6,13,18H,4-5,7H2,1H3,(H,19,20,21). The van der Waals surface area contributed by atoms with Gasteiger partial charge in [-0.2, -0.15) is 13.1 Å². The zero-order valence-electron chi connectivity index (χ0n) is 14.0. The molecular formula is C15H15ClFN3O5S2.